The summed E-state index contributed by atoms with van der Waals surface area (Å²) in [5.41, 5.74) is 5.74. The number of nitrogens with zero attached hydrogens (tertiary/aromatic N) is 6. The Morgan fingerprint density at radius 3 is 2.47 bits per heavy atom. The molecule has 0 unspecified atom stereocenters. The van der Waals surface area contributed by atoms with E-state index in [0.29, 0.717) is 18.1 Å². The summed E-state index contributed by atoms with van der Waals surface area (Å²) in [6.45, 7) is 8.44. The summed E-state index contributed by atoms with van der Waals surface area (Å²) in [6, 6.07) is 8.39. The number of piperazine rings is 1. The van der Waals surface area contributed by atoms with Gasteiger partial charge in [-0.3, -0.25) is 4.68 Å². The van der Waals surface area contributed by atoms with Crippen molar-refractivity contribution < 1.29 is 9.53 Å². The minimum atomic E-state index is -0.429. The van der Waals surface area contributed by atoms with E-state index in [9.17, 15) is 4.79 Å². The summed E-state index contributed by atoms with van der Waals surface area (Å²) >= 11 is 0. The molecule has 9 nitrogen and oxygen atoms in total. The summed E-state index contributed by atoms with van der Waals surface area (Å²) in [6.07, 6.45) is 2.59. The quantitative estimate of drug-likeness (QED) is 0.594. The Kier molecular flexibility index (Phi) is 5.51. The number of hydrogen-bond acceptors (Lipinski definition) is 8. The fourth-order valence-corrected chi connectivity index (χ4v) is 4.99. The Bertz CT molecular complexity index is 1220. The van der Waals surface area contributed by atoms with Gasteiger partial charge in [0.25, 0.3) is 0 Å². The number of aryl methyl sites for hydroxylation is 1. The average Bonchev–Trinajstić information content (AvgIpc) is 3.18. The number of hydrogen-bond donors (Lipinski definition) is 1. The van der Waals surface area contributed by atoms with Gasteiger partial charge in [0.15, 0.2) is 5.69 Å². The number of anilines is 3. The van der Waals surface area contributed by atoms with Crippen molar-refractivity contribution in [2.24, 2.45) is 7.05 Å². The molecule has 0 amide bonds. The number of ether oxygens (including phenoxy) is 1. The van der Waals surface area contributed by atoms with Crippen molar-refractivity contribution in [3.05, 3.63) is 47.3 Å². The molecule has 1 saturated heterocycles. The van der Waals surface area contributed by atoms with E-state index in [1.54, 1.807) is 4.68 Å². The number of esters is 1. The molecule has 1 fully saturated rings. The lowest BCUT2D eigenvalue weighted by atomic mass is 9.73. The second-order valence-electron chi connectivity index (χ2n) is 9.78. The van der Waals surface area contributed by atoms with Gasteiger partial charge in [-0.05, 0) is 48.7 Å². The van der Waals surface area contributed by atoms with Crippen LogP contribution < -0.4 is 10.2 Å². The highest BCUT2D eigenvalue weighted by Gasteiger charge is 2.40. The maximum atomic E-state index is 12.4. The van der Waals surface area contributed by atoms with Crippen LogP contribution in [-0.4, -0.2) is 71.0 Å². The van der Waals surface area contributed by atoms with Crippen LogP contribution in [0.25, 0.3) is 11.4 Å². The Morgan fingerprint density at radius 1 is 1.09 bits per heavy atom. The van der Waals surface area contributed by atoms with Gasteiger partial charge in [-0.1, -0.05) is 13.8 Å². The topological polar surface area (TPSA) is 88.4 Å². The van der Waals surface area contributed by atoms with Crippen LogP contribution in [0, 0.1) is 0 Å². The zero-order valence-corrected chi connectivity index (χ0v) is 20.4. The van der Waals surface area contributed by atoms with Crippen LogP contribution in [0.5, 0.6) is 0 Å². The van der Waals surface area contributed by atoms with E-state index >= 15 is 0 Å². The van der Waals surface area contributed by atoms with Gasteiger partial charge in [0.2, 0.25) is 5.95 Å². The molecule has 2 aliphatic rings. The Morgan fingerprint density at radius 2 is 1.79 bits per heavy atom. The standard InChI is InChI=1S/C25H31N7O2/c1-25(2)14-16-15-26-24(28-20(16)22-19(25)21(23(33)34-5)29-31(22)4)27-17-6-8-18(9-7-17)32-12-10-30(3)11-13-32/h6-9,15H,10-14H2,1-5H3,(H,26,27,28). The Labute approximate surface area is 199 Å². The molecule has 0 bridgehead atoms. The molecular formula is C25H31N7O2. The monoisotopic (exact) mass is 461 g/mol. The van der Waals surface area contributed by atoms with E-state index < -0.39 is 5.97 Å². The lowest BCUT2D eigenvalue weighted by Gasteiger charge is -2.34. The van der Waals surface area contributed by atoms with Crippen LogP contribution in [-0.2, 0) is 23.6 Å². The number of nitrogens with one attached hydrogen (secondary N) is 1. The third-order valence-electron chi connectivity index (χ3n) is 6.82. The normalized spacial score (nSPS) is 17.1. The first-order valence-electron chi connectivity index (χ1n) is 11.6. The molecule has 0 atom stereocenters. The lowest BCUT2D eigenvalue weighted by Crippen LogP contribution is -2.44. The molecule has 1 aromatic carbocycles. The zero-order chi connectivity index (χ0) is 24.0. The predicted octanol–water partition coefficient (Wildman–Crippen LogP) is 2.99. The minimum Gasteiger partial charge on any atom is -0.464 e. The Balaban J connectivity index is 1.43. The first-order chi connectivity index (χ1) is 16.3. The van der Waals surface area contributed by atoms with Gasteiger partial charge in [-0.2, -0.15) is 5.10 Å². The number of aromatic nitrogens is 4. The third kappa shape index (κ3) is 3.90. The first-order valence-corrected chi connectivity index (χ1v) is 11.6. The number of fused-ring (bicyclic) bond motifs is 3. The summed E-state index contributed by atoms with van der Waals surface area (Å²) in [4.78, 5) is 26.6. The van der Waals surface area contributed by atoms with Crippen molar-refractivity contribution >= 4 is 23.3 Å². The van der Waals surface area contributed by atoms with Crippen molar-refractivity contribution in [2.45, 2.75) is 25.7 Å². The molecule has 1 aliphatic heterocycles. The van der Waals surface area contributed by atoms with E-state index in [2.05, 4.69) is 70.4 Å². The number of rotatable bonds is 4. The average molecular weight is 462 g/mol. The van der Waals surface area contributed by atoms with Crippen LogP contribution in [0.4, 0.5) is 17.3 Å². The summed E-state index contributed by atoms with van der Waals surface area (Å²) in [5.74, 6) is 0.0822. The van der Waals surface area contributed by atoms with Crippen molar-refractivity contribution in [2.75, 3.05) is 50.6 Å². The minimum absolute atomic E-state index is 0.294. The van der Waals surface area contributed by atoms with Crippen LogP contribution in [0.1, 0.15) is 35.5 Å². The second kappa shape index (κ2) is 8.39. The maximum absolute atomic E-state index is 12.4. The van der Waals surface area contributed by atoms with Crippen LogP contribution >= 0.6 is 0 Å². The predicted molar refractivity (Wildman–Crippen MR) is 132 cm³/mol. The number of likely N-dealkylation sites (N-methyl/N-ethyl adjacent to an activating group) is 1. The van der Waals surface area contributed by atoms with Gasteiger partial charge in [-0.25, -0.2) is 14.8 Å². The summed E-state index contributed by atoms with van der Waals surface area (Å²) in [7, 11) is 5.38. The zero-order valence-electron chi connectivity index (χ0n) is 20.4. The molecule has 2 aromatic heterocycles. The largest absolute Gasteiger partial charge is 0.464 e. The number of carbonyl (C=O) groups excluding carboxylic acids is 1. The van der Waals surface area contributed by atoms with Crippen molar-refractivity contribution in [3.63, 3.8) is 0 Å². The molecule has 3 aromatic rings. The fraction of sp³-hybridized carbons (Fsp3) is 0.440. The van der Waals surface area contributed by atoms with Gasteiger partial charge < -0.3 is 19.9 Å². The lowest BCUT2D eigenvalue weighted by molar-refractivity contribution is 0.0590. The SMILES string of the molecule is COC(=O)c1nn(C)c2c1C(C)(C)Cc1cnc(Nc3ccc(N4CCN(C)CC4)cc3)nc1-2. The molecule has 0 saturated carbocycles. The number of carbonyl (C=O) groups is 1. The van der Waals surface area contributed by atoms with E-state index in [1.165, 1.54) is 12.8 Å². The van der Waals surface area contributed by atoms with Gasteiger partial charge in [0, 0.05) is 56.4 Å². The van der Waals surface area contributed by atoms with Gasteiger partial charge in [-0.15, -0.1) is 0 Å². The third-order valence-corrected chi connectivity index (χ3v) is 6.82. The smallest absolute Gasteiger partial charge is 0.358 e. The van der Waals surface area contributed by atoms with E-state index in [-0.39, 0.29) is 5.41 Å². The maximum Gasteiger partial charge on any atom is 0.358 e. The molecular weight excluding hydrogens is 430 g/mol. The van der Waals surface area contributed by atoms with E-state index in [0.717, 1.165) is 54.4 Å². The molecule has 0 spiro atoms. The molecule has 178 valence electrons. The van der Waals surface area contributed by atoms with Gasteiger partial charge in [0.05, 0.1) is 18.5 Å². The van der Waals surface area contributed by atoms with Gasteiger partial charge >= 0.3 is 5.97 Å². The van der Waals surface area contributed by atoms with Crippen molar-refractivity contribution in [3.8, 4) is 11.4 Å². The summed E-state index contributed by atoms with van der Waals surface area (Å²) in [5, 5.41) is 7.82. The highest BCUT2D eigenvalue weighted by Crippen LogP contribution is 2.44. The molecule has 34 heavy (non-hydrogen) atoms. The molecule has 9 heteroatoms. The molecule has 3 heterocycles. The molecule has 1 aliphatic carbocycles. The molecule has 0 radical (unpaired) electrons. The van der Waals surface area contributed by atoms with E-state index in [1.807, 2.05) is 13.2 Å². The van der Waals surface area contributed by atoms with E-state index in [4.69, 9.17) is 9.72 Å². The highest BCUT2D eigenvalue weighted by molar-refractivity contribution is 5.92. The van der Waals surface area contributed by atoms with Crippen LogP contribution in [0.2, 0.25) is 0 Å². The molecule has 5 rings (SSSR count). The van der Waals surface area contributed by atoms with Crippen LogP contribution in [0.15, 0.2) is 30.5 Å². The molecule has 1 N–H and O–H groups in total. The number of methoxy groups -OCH3 is 1. The summed E-state index contributed by atoms with van der Waals surface area (Å²) < 4.78 is 6.72. The van der Waals surface area contributed by atoms with Crippen LogP contribution in [0.3, 0.4) is 0 Å². The Hall–Kier alpha value is -3.46. The van der Waals surface area contributed by atoms with Crippen molar-refractivity contribution in [1.82, 2.24) is 24.6 Å². The second-order valence-corrected chi connectivity index (χ2v) is 9.78. The number of benzene rings is 1. The highest BCUT2D eigenvalue weighted by atomic mass is 16.5. The van der Waals surface area contributed by atoms with Gasteiger partial charge in [0.1, 0.15) is 0 Å². The van der Waals surface area contributed by atoms with Crippen molar-refractivity contribution in [1.29, 1.82) is 0 Å². The first kappa shape index (κ1) is 22.3. The fourth-order valence-electron chi connectivity index (χ4n) is 4.99.